The van der Waals surface area contributed by atoms with Crippen LogP contribution in [0.15, 0.2) is 45.1 Å². The maximum absolute atomic E-state index is 10.7. The number of aromatic carboxylic acids is 1. The summed E-state index contributed by atoms with van der Waals surface area (Å²) in [5, 5.41) is 9.58. The van der Waals surface area contributed by atoms with E-state index in [9.17, 15) is 4.79 Å². The lowest BCUT2D eigenvalue weighted by Gasteiger charge is -2.02. The average molecular weight is 299 g/mol. The van der Waals surface area contributed by atoms with Gasteiger partial charge in [0, 0.05) is 21.8 Å². The fraction of sp³-hybridized carbons (Fsp3) is 0. The van der Waals surface area contributed by atoms with E-state index < -0.39 is 5.97 Å². The largest absolute Gasteiger partial charge is 0.478 e. The molecular weight excluding hydrogens is 292 g/mol. The van der Waals surface area contributed by atoms with E-state index in [2.05, 4.69) is 25.9 Å². The van der Waals surface area contributed by atoms with Crippen molar-refractivity contribution in [2.45, 2.75) is 10.1 Å². The van der Waals surface area contributed by atoms with E-state index in [0.717, 1.165) is 14.5 Å². The Hall–Kier alpha value is -1.27. The number of carboxylic acids is 1. The number of halogens is 1. The minimum Gasteiger partial charge on any atom is -0.478 e. The Kier molecular flexibility index (Phi) is 3.31. The molecule has 0 radical (unpaired) electrons. The molecule has 1 heterocycles. The minimum atomic E-state index is -0.935. The first-order valence-corrected chi connectivity index (χ1v) is 5.98. The predicted molar refractivity (Wildman–Crippen MR) is 63.8 cm³/mol. The Bertz CT molecular complexity index is 514. The number of imidazole rings is 1. The highest BCUT2D eigenvalue weighted by Gasteiger charge is 2.08. The monoisotopic (exact) mass is 298 g/mol. The Morgan fingerprint density at radius 3 is 2.88 bits per heavy atom. The van der Waals surface area contributed by atoms with Crippen molar-refractivity contribution in [2.24, 2.45) is 0 Å². The zero-order chi connectivity index (χ0) is 11.5. The maximum Gasteiger partial charge on any atom is 0.335 e. The van der Waals surface area contributed by atoms with Crippen LogP contribution in [0.3, 0.4) is 0 Å². The Balaban J connectivity index is 2.26. The van der Waals surface area contributed by atoms with E-state index in [1.54, 1.807) is 30.6 Å². The summed E-state index contributed by atoms with van der Waals surface area (Å²) in [6.07, 6.45) is 3.41. The molecule has 0 atom stereocenters. The second-order valence-electron chi connectivity index (χ2n) is 2.95. The molecule has 0 bridgehead atoms. The second kappa shape index (κ2) is 4.71. The van der Waals surface area contributed by atoms with Gasteiger partial charge in [-0.3, -0.25) is 0 Å². The molecule has 0 aliphatic carbocycles. The molecule has 1 aromatic heterocycles. The molecule has 1 aromatic carbocycles. The smallest absolute Gasteiger partial charge is 0.335 e. The molecule has 2 N–H and O–H groups in total. The molecule has 82 valence electrons. The van der Waals surface area contributed by atoms with Crippen molar-refractivity contribution in [3.63, 3.8) is 0 Å². The van der Waals surface area contributed by atoms with E-state index in [0.29, 0.717) is 0 Å². The van der Waals surface area contributed by atoms with Crippen molar-refractivity contribution in [3.8, 4) is 0 Å². The molecule has 2 aromatic rings. The zero-order valence-corrected chi connectivity index (χ0v) is 10.4. The van der Waals surface area contributed by atoms with Crippen LogP contribution in [-0.2, 0) is 0 Å². The number of aromatic amines is 1. The third kappa shape index (κ3) is 2.45. The highest BCUT2D eigenvalue weighted by atomic mass is 79.9. The minimum absolute atomic E-state index is 0.260. The van der Waals surface area contributed by atoms with Crippen LogP contribution in [0.4, 0.5) is 0 Å². The number of carboxylic acid groups (broad SMARTS) is 1. The number of nitrogens with zero attached hydrogens (tertiary/aromatic N) is 1. The summed E-state index contributed by atoms with van der Waals surface area (Å²) in [5.41, 5.74) is 0.260. The normalized spacial score (nSPS) is 10.3. The van der Waals surface area contributed by atoms with Crippen LogP contribution in [0, 0.1) is 0 Å². The Morgan fingerprint density at radius 1 is 1.50 bits per heavy atom. The molecule has 0 saturated heterocycles. The molecule has 0 aliphatic rings. The van der Waals surface area contributed by atoms with Crippen molar-refractivity contribution >= 4 is 33.7 Å². The van der Waals surface area contributed by atoms with Crippen molar-refractivity contribution in [1.82, 2.24) is 9.97 Å². The summed E-state index contributed by atoms with van der Waals surface area (Å²) in [6.45, 7) is 0. The van der Waals surface area contributed by atoms with Crippen LogP contribution in [0.25, 0.3) is 0 Å². The molecule has 0 spiro atoms. The predicted octanol–water partition coefficient (Wildman–Crippen LogP) is 3.02. The van der Waals surface area contributed by atoms with Crippen LogP contribution in [0.1, 0.15) is 10.4 Å². The quantitative estimate of drug-likeness (QED) is 0.914. The van der Waals surface area contributed by atoms with Gasteiger partial charge in [-0.1, -0.05) is 11.8 Å². The van der Waals surface area contributed by atoms with Crippen LogP contribution < -0.4 is 0 Å². The average Bonchev–Trinajstić information content (AvgIpc) is 2.73. The molecule has 0 fully saturated rings. The Morgan fingerprint density at radius 2 is 2.31 bits per heavy atom. The van der Waals surface area contributed by atoms with E-state index in [4.69, 9.17) is 5.11 Å². The molecule has 4 nitrogen and oxygen atoms in total. The van der Waals surface area contributed by atoms with Crippen LogP contribution >= 0.6 is 27.7 Å². The number of rotatable bonds is 3. The van der Waals surface area contributed by atoms with E-state index in [1.165, 1.54) is 11.8 Å². The first-order chi connectivity index (χ1) is 7.66. The fourth-order valence-corrected chi connectivity index (χ4v) is 2.49. The highest BCUT2D eigenvalue weighted by Crippen LogP contribution is 2.32. The molecule has 0 aliphatic heterocycles. The van der Waals surface area contributed by atoms with E-state index >= 15 is 0 Å². The maximum atomic E-state index is 10.7. The molecule has 0 unspecified atom stereocenters. The van der Waals surface area contributed by atoms with Crippen molar-refractivity contribution in [2.75, 3.05) is 0 Å². The van der Waals surface area contributed by atoms with Crippen molar-refractivity contribution in [3.05, 3.63) is 40.6 Å². The van der Waals surface area contributed by atoms with Gasteiger partial charge in [-0.15, -0.1) is 0 Å². The summed E-state index contributed by atoms with van der Waals surface area (Å²) < 4.78 is 0.744. The number of nitrogens with one attached hydrogen (secondary N) is 1. The van der Waals surface area contributed by atoms with Gasteiger partial charge in [0.1, 0.15) is 0 Å². The zero-order valence-electron chi connectivity index (χ0n) is 7.98. The lowest BCUT2D eigenvalue weighted by atomic mass is 10.2. The van der Waals surface area contributed by atoms with Crippen LogP contribution in [-0.4, -0.2) is 21.0 Å². The number of hydrogen-bond acceptors (Lipinski definition) is 3. The molecule has 0 amide bonds. The number of carbonyl (C=O) groups is 1. The summed E-state index contributed by atoms with van der Waals surface area (Å²) in [4.78, 5) is 18.7. The first kappa shape index (κ1) is 11.2. The number of aromatic nitrogens is 2. The SMILES string of the molecule is O=C(O)c1ccc(Sc2ncc[nH]2)c(Br)c1. The molecular formula is C10H7BrN2O2S. The summed E-state index contributed by atoms with van der Waals surface area (Å²) >= 11 is 4.77. The van der Waals surface area contributed by atoms with Gasteiger partial charge in [0.15, 0.2) is 5.16 Å². The third-order valence-electron chi connectivity index (χ3n) is 1.86. The van der Waals surface area contributed by atoms with Crippen LogP contribution in [0.2, 0.25) is 0 Å². The topological polar surface area (TPSA) is 66.0 Å². The highest BCUT2D eigenvalue weighted by molar-refractivity contribution is 9.10. The lowest BCUT2D eigenvalue weighted by molar-refractivity contribution is 0.0696. The van der Waals surface area contributed by atoms with Crippen molar-refractivity contribution < 1.29 is 9.90 Å². The summed E-state index contributed by atoms with van der Waals surface area (Å²) in [7, 11) is 0. The van der Waals surface area contributed by atoms with Crippen LogP contribution in [0.5, 0.6) is 0 Å². The number of hydrogen-bond donors (Lipinski definition) is 2. The van der Waals surface area contributed by atoms with Gasteiger partial charge in [0.2, 0.25) is 0 Å². The third-order valence-corrected chi connectivity index (χ3v) is 3.77. The summed E-state index contributed by atoms with van der Waals surface area (Å²) in [5.74, 6) is -0.935. The van der Waals surface area contributed by atoms with Gasteiger partial charge in [0.05, 0.1) is 5.56 Å². The van der Waals surface area contributed by atoms with Gasteiger partial charge in [-0.05, 0) is 34.1 Å². The molecule has 0 saturated carbocycles. The van der Waals surface area contributed by atoms with Crippen molar-refractivity contribution in [1.29, 1.82) is 0 Å². The van der Waals surface area contributed by atoms with Gasteiger partial charge in [0.25, 0.3) is 0 Å². The molecule has 16 heavy (non-hydrogen) atoms. The Labute approximate surface area is 104 Å². The van der Waals surface area contributed by atoms with Gasteiger partial charge in [-0.25, -0.2) is 9.78 Å². The number of benzene rings is 1. The standard InChI is InChI=1S/C10H7BrN2O2S/c11-7-5-6(9(14)15)1-2-8(7)16-10-12-3-4-13-10/h1-5H,(H,12,13)(H,14,15). The molecule has 6 heteroatoms. The van der Waals surface area contributed by atoms with E-state index in [-0.39, 0.29) is 5.56 Å². The number of H-pyrrole nitrogens is 1. The second-order valence-corrected chi connectivity index (χ2v) is 4.83. The summed E-state index contributed by atoms with van der Waals surface area (Å²) in [6, 6.07) is 4.90. The lowest BCUT2D eigenvalue weighted by Crippen LogP contribution is -1.95. The van der Waals surface area contributed by atoms with Gasteiger partial charge in [-0.2, -0.15) is 0 Å². The van der Waals surface area contributed by atoms with Gasteiger partial charge < -0.3 is 10.1 Å². The molecule has 2 rings (SSSR count). The van der Waals surface area contributed by atoms with Gasteiger partial charge >= 0.3 is 5.97 Å². The fourth-order valence-electron chi connectivity index (χ4n) is 1.13. The van der Waals surface area contributed by atoms with E-state index in [1.807, 2.05) is 0 Å². The first-order valence-electron chi connectivity index (χ1n) is 4.37.